The molecule has 0 saturated carbocycles. The Balaban J connectivity index is 2.25. The first kappa shape index (κ1) is 23.0. The number of hydrogen-bond donors (Lipinski definition) is 1. The van der Waals surface area contributed by atoms with E-state index in [1.54, 1.807) is 13.8 Å². The van der Waals surface area contributed by atoms with E-state index >= 15 is 0 Å². The number of rotatable bonds is 9. The van der Waals surface area contributed by atoms with E-state index in [1.165, 1.54) is 10.6 Å². The zero-order valence-electron chi connectivity index (χ0n) is 15.9. The lowest BCUT2D eigenvalue weighted by atomic mass is 10.2. The SMILES string of the molecule is CC(C)n1c(OCCNS(C)(=O)=O)nc(OCc2ccc(F)cc2F)c(Cl)c1=O. The summed E-state index contributed by atoms with van der Waals surface area (Å²) < 4.78 is 63.2. The van der Waals surface area contributed by atoms with Crippen LogP contribution < -0.4 is 19.8 Å². The normalized spacial score (nSPS) is 11.7. The van der Waals surface area contributed by atoms with Crippen LogP contribution in [-0.2, 0) is 16.6 Å². The van der Waals surface area contributed by atoms with Gasteiger partial charge in [0.1, 0.15) is 24.8 Å². The fraction of sp³-hybridized carbons (Fsp3) is 0.412. The molecule has 2 rings (SSSR count). The minimum Gasteiger partial charge on any atom is -0.471 e. The van der Waals surface area contributed by atoms with E-state index in [-0.39, 0.29) is 48.3 Å². The van der Waals surface area contributed by atoms with E-state index in [2.05, 4.69) is 9.71 Å². The van der Waals surface area contributed by atoms with Gasteiger partial charge in [0, 0.05) is 24.2 Å². The van der Waals surface area contributed by atoms with Gasteiger partial charge in [-0.1, -0.05) is 11.6 Å². The molecule has 0 aliphatic carbocycles. The van der Waals surface area contributed by atoms with Gasteiger partial charge in [-0.05, 0) is 26.0 Å². The molecule has 0 amide bonds. The molecule has 12 heteroatoms. The maximum atomic E-state index is 13.8. The lowest BCUT2D eigenvalue weighted by Crippen LogP contribution is -2.30. The van der Waals surface area contributed by atoms with Gasteiger partial charge in [0.05, 0.1) is 6.26 Å². The number of sulfonamides is 1. The van der Waals surface area contributed by atoms with Crippen molar-refractivity contribution in [2.75, 3.05) is 19.4 Å². The second-order valence-electron chi connectivity index (χ2n) is 6.32. The Morgan fingerprint density at radius 2 is 1.97 bits per heavy atom. The molecule has 1 N–H and O–H groups in total. The van der Waals surface area contributed by atoms with Crippen molar-refractivity contribution in [3.8, 4) is 11.9 Å². The number of nitrogens with one attached hydrogen (secondary N) is 1. The molecule has 1 aromatic heterocycles. The van der Waals surface area contributed by atoms with Crippen molar-refractivity contribution >= 4 is 21.6 Å². The predicted octanol–water partition coefficient (Wildman–Crippen LogP) is 2.26. The first-order valence-corrected chi connectivity index (χ1v) is 10.7. The molecule has 0 aliphatic rings. The minimum absolute atomic E-state index is 0.0390. The van der Waals surface area contributed by atoms with Crippen LogP contribution in [0.3, 0.4) is 0 Å². The van der Waals surface area contributed by atoms with Crippen molar-refractivity contribution < 1.29 is 26.7 Å². The Hall–Kier alpha value is -2.24. The smallest absolute Gasteiger partial charge is 0.302 e. The summed E-state index contributed by atoms with van der Waals surface area (Å²) in [6.45, 7) is 2.90. The molecule has 1 aromatic carbocycles. The predicted molar refractivity (Wildman–Crippen MR) is 103 cm³/mol. The average Bonchev–Trinajstić information content (AvgIpc) is 2.60. The van der Waals surface area contributed by atoms with Crippen LogP contribution in [-0.4, -0.2) is 37.4 Å². The van der Waals surface area contributed by atoms with Gasteiger partial charge in [0.2, 0.25) is 15.9 Å². The maximum Gasteiger partial charge on any atom is 0.302 e. The standard InChI is InChI=1S/C17H20ClF2N3O5S/c1-10(2)23-16(24)14(18)15(22-17(23)27-7-6-21-29(3,25)26)28-9-11-4-5-12(19)8-13(11)20/h4-5,8,10,21H,6-7,9H2,1-3H3. The van der Waals surface area contributed by atoms with Crippen LogP contribution in [0.5, 0.6) is 11.9 Å². The minimum atomic E-state index is -3.40. The Bertz CT molecular complexity index is 1040. The third-order valence-electron chi connectivity index (χ3n) is 3.59. The molecule has 0 unspecified atom stereocenters. The summed E-state index contributed by atoms with van der Waals surface area (Å²) in [7, 11) is -3.40. The molecule has 29 heavy (non-hydrogen) atoms. The van der Waals surface area contributed by atoms with Crippen molar-refractivity contribution in [2.24, 2.45) is 0 Å². The first-order valence-electron chi connectivity index (χ1n) is 8.45. The quantitative estimate of drug-likeness (QED) is 0.587. The molecule has 1 heterocycles. The molecule has 0 radical (unpaired) electrons. The Labute approximate surface area is 171 Å². The summed E-state index contributed by atoms with van der Waals surface area (Å²) in [4.78, 5) is 16.6. The maximum absolute atomic E-state index is 13.8. The highest BCUT2D eigenvalue weighted by Gasteiger charge is 2.20. The summed E-state index contributed by atoms with van der Waals surface area (Å²) in [6, 6.07) is 2.46. The van der Waals surface area contributed by atoms with Crippen LogP contribution in [0.4, 0.5) is 8.78 Å². The third kappa shape index (κ3) is 6.38. The number of aromatic nitrogens is 2. The van der Waals surface area contributed by atoms with Gasteiger partial charge in [-0.15, -0.1) is 0 Å². The monoisotopic (exact) mass is 451 g/mol. The number of nitrogens with zero attached hydrogens (tertiary/aromatic N) is 2. The first-order chi connectivity index (χ1) is 13.5. The number of halogens is 3. The molecule has 2 aromatic rings. The van der Waals surface area contributed by atoms with E-state index in [9.17, 15) is 22.0 Å². The van der Waals surface area contributed by atoms with E-state index < -0.39 is 27.2 Å². The molecule has 0 spiro atoms. The number of benzene rings is 1. The zero-order valence-corrected chi connectivity index (χ0v) is 17.5. The van der Waals surface area contributed by atoms with Crippen molar-refractivity contribution in [1.82, 2.24) is 14.3 Å². The van der Waals surface area contributed by atoms with Gasteiger partial charge in [-0.2, -0.15) is 4.98 Å². The van der Waals surface area contributed by atoms with Gasteiger partial charge in [-0.3, -0.25) is 9.36 Å². The topological polar surface area (TPSA) is 99.5 Å². The largest absolute Gasteiger partial charge is 0.471 e. The molecular weight excluding hydrogens is 432 g/mol. The third-order valence-corrected chi connectivity index (χ3v) is 4.64. The highest BCUT2D eigenvalue weighted by Crippen LogP contribution is 2.24. The van der Waals surface area contributed by atoms with Crippen LogP contribution >= 0.6 is 11.6 Å². The molecule has 8 nitrogen and oxygen atoms in total. The summed E-state index contributed by atoms with van der Waals surface area (Å²) in [6.07, 6.45) is 0.998. The van der Waals surface area contributed by atoms with Crippen molar-refractivity contribution in [2.45, 2.75) is 26.5 Å². The molecule has 0 saturated heterocycles. The van der Waals surface area contributed by atoms with Crippen molar-refractivity contribution in [3.05, 3.63) is 50.8 Å². The summed E-state index contributed by atoms with van der Waals surface area (Å²) in [5.74, 6) is -1.84. The summed E-state index contributed by atoms with van der Waals surface area (Å²) in [5.41, 5.74) is -0.602. The van der Waals surface area contributed by atoms with Gasteiger partial charge < -0.3 is 9.47 Å². The lowest BCUT2D eigenvalue weighted by Gasteiger charge is -2.18. The Morgan fingerprint density at radius 1 is 1.28 bits per heavy atom. The van der Waals surface area contributed by atoms with Crippen LogP contribution in [0.2, 0.25) is 5.02 Å². The van der Waals surface area contributed by atoms with Crippen molar-refractivity contribution in [1.29, 1.82) is 0 Å². The fourth-order valence-electron chi connectivity index (χ4n) is 2.28. The van der Waals surface area contributed by atoms with Crippen LogP contribution in [0.1, 0.15) is 25.5 Å². The van der Waals surface area contributed by atoms with E-state index in [0.29, 0.717) is 6.07 Å². The van der Waals surface area contributed by atoms with E-state index in [1.807, 2.05) is 0 Å². The fourth-order valence-corrected chi connectivity index (χ4v) is 2.92. The molecule has 0 fully saturated rings. The molecule has 0 atom stereocenters. The number of ether oxygens (including phenoxy) is 2. The zero-order chi connectivity index (χ0) is 21.8. The highest BCUT2D eigenvalue weighted by molar-refractivity contribution is 7.88. The van der Waals surface area contributed by atoms with Gasteiger partial charge in [0.25, 0.3) is 5.56 Å². The Kier molecular flexibility index (Phi) is 7.55. The lowest BCUT2D eigenvalue weighted by molar-refractivity contribution is 0.246. The van der Waals surface area contributed by atoms with Gasteiger partial charge in [-0.25, -0.2) is 21.9 Å². The second kappa shape index (κ2) is 9.51. The summed E-state index contributed by atoms with van der Waals surface area (Å²) in [5, 5.41) is -0.331. The molecule has 0 bridgehead atoms. The van der Waals surface area contributed by atoms with Crippen LogP contribution in [0.15, 0.2) is 23.0 Å². The van der Waals surface area contributed by atoms with Crippen LogP contribution in [0, 0.1) is 11.6 Å². The Morgan fingerprint density at radius 3 is 2.55 bits per heavy atom. The van der Waals surface area contributed by atoms with Crippen molar-refractivity contribution in [3.63, 3.8) is 0 Å². The highest BCUT2D eigenvalue weighted by atomic mass is 35.5. The molecular formula is C17H20ClF2N3O5S. The van der Waals surface area contributed by atoms with E-state index in [4.69, 9.17) is 21.1 Å². The number of hydrogen-bond acceptors (Lipinski definition) is 6. The van der Waals surface area contributed by atoms with Gasteiger partial charge in [0.15, 0.2) is 5.02 Å². The molecule has 160 valence electrons. The second-order valence-corrected chi connectivity index (χ2v) is 8.53. The van der Waals surface area contributed by atoms with E-state index in [0.717, 1.165) is 12.3 Å². The average molecular weight is 452 g/mol. The summed E-state index contributed by atoms with van der Waals surface area (Å²) >= 11 is 6.05. The molecule has 0 aliphatic heterocycles. The van der Waals surface area contributed by atoms with Gasteiger partial charge >= 0.3 is 6.01 Å². The van der Waals surface area contributed by atoms with Crippen LogP contribution in [0.25, 0.3) is 0 Å².